The van der Waals surface area contributed by atoms with Crippen LogP contribution in [0.3, 0.4) is 0 Å². The molecular weight excluding hydrogens is 294 g/mol. The van der Waals surface area contributed by atoms with Crippen LogP contribution in [0, 0.1) is 0 Å². The number of hydrogen-bond acceptors (Lipinski definition) is 6. The molecule has 6 heteroatoms. The number of aliphatic hydroxyl groups excluding tert-OH is 2. The van der Waals surface area contributed by atoms with E-state index in [0.29, 0.717) is 30.9 Å². The van der Waals surface area contributed by atoms with Gasteiger partial charge in [0, 0.05) is 42.3 Å². The van der Waals surface area contributed by atoms with E-state index in [1.807, 2.05) is 29.2 Å². The minimum Gasteiger partial charge on any atom is -0.508 e. The Balaban J connectivity index is 2.02. The first-order valence-corrected chi connectivity index (χ1v) is 7.52. The maximum atomic E-state index is 9.83. The summed E-state index contributed by atoms with van der Waals surface area (Å²) in [4.78, 5) is 1.91. The minimum atomic E-state index is 0.0343. The Morgan fingerprint density at radius 2 is 1.61 bits per heavy atom. The minimum absolute atomic E-state index is 0.0343. The molecule has 2 aromatic carbocycles. The third-order valence-electron chi connectivity index (χ3n) is 3.63. The summed E-state index contributed by atoms with van der Waals surface area (Å²) in [6, 6.07) is 12.7. The summed E-state index contributed by atoms with van der Waals surface area (Å²) in [5.41, 5.74) is 8.90. The van der Waals surface area contributed by atoms with Gasteiger partial charge in [-0.2, -0.15) is 0 Å². The van der Waals surface area contributed by atoms with Gasteiger partial charge in [0.1, 0.15) is 5.75 Å². The van der Waals surface area contributed by atoms with E-state index in [-0.39, 0.29) is 19.0 Å². The zero-order valence-corrected chi connectivity index (χ0v) is 12.9. The molecule has 124 valence electrons. The SMILES string of the molecule is Nc1cccc(O)c1CNc1ccc(N(CCO)CCO)cc1. The molecule has 2 aromatic rings. The van der Waals surface area contributed by atoms with E-state index >= 15 is 0 Å². The van der Waals surface area contributed by atoms with E-state index in [0.717, 1.165) is 11.4 Å². The largest absolute Gasteiger partial charge is 0.508 e. The van der Waals surface area contributed by atoms with Gasteiger partial charge in [-0.15, -0.1) is 0 Å². The lowest BCUT2D eigenvalue weighted by Crippen LogP contribution is -2.29. The van der Waals surface area contributed by atoms with Crippen LogP contribution in [0.2, 0.25) is 0 Å². The summed E-state index contributed by atoms with van der Waals surface area (Å²) >= 11 is 0. The molecule has 0 saturated carbocycles. The summed E-state index contributed by atoms with van der Waals surface area (Å²) in [5.74, 6) is 0.172. The number of hydrogen-bond donors (Lipinski definition) is 5. The van der Waals surface area contributed by atoms with Crippen LogP contribution >= 0.6 is 0 Å². The standard InChI is InChI=1S/C17H23N3O3/c18-16-2-1-3-17(23)15(16)12-19-13-4-6-14(7-5-13)20(8-10-21)9-11-22/h1-7,19,21-23H,8-12,18H2. The Kier molecular flexibility index (Phi) is 6.08. The number of aromatic hydroxyl groups is 1. The van der Waals surface area contributed by atoms with E-state index in [1.165, 1.54) is 0 Å². The molecule has 0 fully saturated rings. The number of benzene rings is 2. The van der Waals surface area contributed by atoms with E-state index in [4.69, 9.17) is 15.9 Å². The molecule has 0 bridgehead atoms. The number of aliphatic hydroxyl groups is 2. The molecule has 0 radical (unpaired) electrons. The van der Waals surface area contributed by atoms with Gasteiger partial charge in [-0.05, 0) is 36.4 Å². The van der Waals surface area contributed by atoms with Gasteiger partial charge >= 0.3 is 0 Å². The molecule has 6 N–H and O–H groups in total. The third kappa shape index (κ3) is 4.51. The molecule has 23 heavy (non-hydrogen) atoms. The van der Waals surface area contributed by atoms with E-state index < -0.39 is 0 Å². The highest BCUT2D eigenvalue weighted by atomic mass is 16.3. The van der Waals surface area contributed by atoms with Crippen molar-refractivity contribution in [3.8, 4) is 5.75 Å². The van der Waals surface area contributed by atoms with Crippen molar-refractivity contribution in [2.45, 2.75) is 6.54 Å². The summed E-state index contributed by atoms with van der Waals surface area (Å²) in [6.07, 6.45) is 0. The van der Waals surface area contributed by atoms with Gasteiger partial charge in [0.2, 0.25) is 0 Å². The quantitative estimate of drug-likeness (QED) is 0.471. The summed E-state index contributed by atoms with van der Waals surface area (Å²) in [6.45, 7) is 1.44. The normalized spacial score (nSPS) is 10.5. The Hall–Kier alpha value is -2.44. The number of nitrogens with one attached hydrogen (secondary N) is 1. The van der Waals surface area contributed by atoms with Crippen molar-refractivity contribution in [3.63, 3.8) is 0 Å². The van der Waals surface area contributed by atoms with Gasteiger partial charge in [-0.1, -0.05) is 6.07 Å². The second kappa shape index (κ2) is 8.26. The van der Waals surface area contributed by atoms with Crippen LogP contribution in [0.5, 0.6) is 5.75 Å². The molecule has 2 rings (SSSR count). The van der Waals surface area contributed by atoms with Crippen LogP contribution in [0.25, 0.3) is 0 Å². The van der Waals surface area contributed by atoms with Crippen LogP contribution in [0.15, 0.2) is 42.5 Å². The van der Waals surface area contributed by atoms with Crippen molar-refractivity contribution in [2.24, 2.45) is 0 Å². The molecule has 6 nitrogen and oxygen atoms in total. The highest BCUT2D eigenvalue weighted by Gasteiger charge is 2.07. The highest BCUT2D eigenvalue weighted by molar-refractivity contribution is 5.58. The number of nitrogens with zero attached hydrogens (tertiary/aromatic N) is 1. The maximum Gasteiger partial charge on any atom is 0.122 e. The number of anilines is 3. The Morgan fingerprint density at radius 1 is 0.957 bits per heavy atom. The first-order valence-electron chi connectivity index (χ1n) is 7.52. The lowest BCUT2D eigenvalue weighted by atomic mass is 10.1. The van der Waals surface area contributed by atoms with Gasteiger partial charge in [0.05, 0.1) is 13.2 Å². The molecule has 0 aromatic heterocycles. The van der Waals surface area contributed by atoms with Crippen molar-refractivity contribution in [3.05, 3.63) is 48.0 Å². The highest BCUT2D eigenvalue weighted by Crippen LogP contribution is 2.24. The van der Waals surface area contributed by atoms with Crippen LogP contribution in [-0.2, 0) is 6.54 Å². The molecule has 0 saturated heterocycles. The molecule has 0 amide bonds. The molecule has 0 aliphatic heterocycles. The summed E-state index contributed by atoms with van der Waals surface area (Å²) < 4.78 is 0. The maximum absolute atomic E-state index is 9.83. The Labute approximate surface area is 135 Å². The molecule has 0 aliphatic carbocycles. The van der Waals surface area contributed by atoms with Gasteiger partial charge in [-0.25, -0.2) is 0 Å². The van der Waals surface area contributed by atoms with Crippen molar-refractivity contribution >= 4 is 17.1 Å². The van der Waals surface area contributed by atoms with Crippen LogP contribution in [0.1, 0.15) is 5.56 Å². The zero-order chi connectivity index (χ0) is 16.7. The first kappa shape index (κ1) is 16.9. The summed E-state index contributed by atoms with van der Waals surface area (Å²) in [7, 11) is 0. The van der Waals surface area contributed by atoms with Gasteiger partial charge in [0.15, 0.2) is 0 Å². The third-order valence-corrected chi connectivity index (χ3v) is 3.63. The molecular formula is C17H23N3O3. The van der Waals surface area contributed by atoms with Crippen molar-refractivity contribution in [2.75, 3.05) is 42.3 Å². The molecule has 0 atom stereocenters. The second-order valence-corrected chi connectivity index (χ2v) is 5.18. The number of phenols is 1. The van der Waals surface area contributed by atoms with E-state index in [9.17, 15) is 5.11 Å². The van der Waals surface area contributed by atoms with Gasteiger partial charge in [-0.3, -0.25) is 0 Å². The predicted molar refractivity (Wildman–Crippen MR) is 92.7 cm³/mol. The van der Waals surface area contributed by atoms with Crippen LogP contribution in [-0.4, -0.2) is 41.6 Å². The summed E-state index contributed by atoms with van der Waals surface area (Å²) in [5, 5.41) is 31.2. The number of nitrogens with two attached hydrogens (primary N) is 1. The fraction of sp³-hybridized carbons (Fsp3) is 0.294. The number of phenolic OH excluding ortho intramolecular Hbond substituents is 1. The zero-order valence-electron chi connectivity index (χ0n) is 12.9. The fourth-order valence-corrected chi connectivity index (χ4v) is 2.38. The van der Waals surface area contributed by atoms with Gasteiger partial charge < -0.3 is 31.3 Å². The monoisotopic (exact) mass is 317 g/mol. The molecule has 0 spiro atoms. The number of rotatable bonds is 8. The van der Waals surface area contributed by atoms with E-state index in [2.05, 4.69) is 5.32 Å². The van der Waals surface area contributed by atoms with Crippen molar-refractivity contribution in [1.82, 2.24) is 0 Å². The van der Waals surface area contributed by atoms with Crippen molar-refractivity contribution in [1.29, 1.82) is 0 Å². The fourth-order valence-electron chi connectivity index (χ4n) is 2.38. The van der Waals surface area contributed by atoms with Gasteiger partial charge in [0.25, 0.3) is 0 Å². The lowest BCUT2D eigenvalue weighted by Gasteiger charge is -2.23. The van der Waals surface area contributed by atoms with E-state index in [1.54, 1.807) is 18.2 Å². The van der Waals surface area contributed by atoms with Crippen LogP contribution < -0.4 is 16.0 Å². The van der Waals surface area contributed by atoms with Crippen LogP contribution in [0.4, 0.5) is 17.1 Å². The average molecular weight is 317 g/mol. The number of nitrogen functional groups attached to an aromatic ring is 1. The molecule has 0 unspecified atom stereocenters. The Bertz CT molecular complexity index is 591. The predicted octanol–water partition coefficient (Wildman–Crippen LogP) is 1.38. The molecule has 0 aliphatic rings. The van der Waals surface area contributed by atoms with Crippen molar-refractivity contribution < 1.29 is 15.3 Å². The lowest BCUT2D eigenvalue weighted by molar-refractivity contribution is 0.281. The smallest absolute Gasteiger partial charge is 0.122 e. The average Bonchev–Trinajstić information content (AvgIpc) is 2.55. The Morgan fingerprint density at radius 3 is 2.17 bits per heavy atom. The molecule has 0 heterocycles. The topological polar surface area (TPSA) is 102 Å². The first-order chi connectivity index (χ1) is 11.2. The second-order valence-electron chi connectivity index (χ2n) is 5.18.